The highest BCUT2D eigenvalue weighted by Gasteiger charge is 2.14. The Hall–Kier alpha value is -4.59. The van der Waals surface area contributed by atoms with E-state index >= 15 is 0 Å². The predicted octanol–water partition coefficient (Wildman–Crippen LogP) is 5.76. The summed E-state index contributed by atoms with van der Waals surface area (Å²) < 4.78 is 27.6. The molecule has 0 aliphatic heterocycles. The summed E-state index contributed by atoms with van der Waals surface area (Å²) >= 11 is 0. The molecule has 2 heterocycles. The summed E-state index contributed by atoms with van der Waals surface area (Å²) in [6, 6.07) is 19.1. The lowest BCUT2D eigenvalue weighted by Crippen LogP contribution is -2.04. The van der Waals surface area contributed by atoms with E-state index in [2.05, 4.69) is 35.9 Å². The average molecular weight is 515 g/mol. The largest absolute Gasteiger partial charge is 0.491 e. The van der Waals surface area contributed by atoms with E-state index in [0.717, 1.165) is 33.4 Å². The number of methoxy groups -OCH3 is 3. The minimum Gasteiger partial charge on any atom is -0.491 e. The van der Waals surface area contributed by atoms with Gasteiger partial charge in [0.25, 0.3) is 5.88 Å². The van der Waals surface area contributed by atoms with Crippen molar-refractivity contribution in [3.63, 3.8) is 0 Å². The number of carbonyl (C=O) groups excluding carboxylic acids is 1. The van der Waals surface area contributed by atoms with Crippen molar-refractivity contribution in [2.45, 2.75) is 27.1 Å². The molecule has 0 saturated heterocycles. The smallest absolute Gasteiger partial charge is 0.260 e. The van der Waals surface area contributed by atoms with Gasteiger partial charge in [-0.15, -0.1) is 0 Å². The van der Waals surface area contributed by atoms with E-state index in [9.17, 15) is 4.79 Å². The van der Waals surface area contributed by atoms with Crippen LogP contribution < -0.4 is 23.7 Å². The van der Waals surface area contributed by atoms with E-state index in [1.807, 2.05) is 24.3 Å². The zero-order valence-corrected chi connectivity index (χ0v) is 22.1. The van der Waals surface area contributed by atoms with Crippen LogP contribution in [0.2, 0.25) is 0 Å². The van der Waals surface area contributed by atoms with Gasteiger partial charge >= 0.3 is 0 Å². The first-order valence-corrected chi connectivity index (χ1v) is 12.0. The van der Waals surface area contributed by atoms with Crippen LogP contribution in [0.3, 0.4) is 0 Å². The highest BCUT2D eigenvalue weighted by Crippen LogP contribution is 2.32. The van der Waals surface area contributed by atoms with E-state index in [0.29, 0.717) is 48.5 Å². The third-order valence-electron chi connectivity index (χ3n) is 6.33. The molecule has 0 atom stereocenters. The first-order valence-electron chi connectivity index (χ1n) is 12.0. The van der Waals surface area contributed by atoms with Crippen molar-refractivity contribution >= 4 is 6.29 Å². The summed E-state index contributed by atoms with van der Waals surface area (Å²) in [5.74, 6) is 2.00. The number of hydrogen-bond acceptors (Lipinski definition) is 8. The van der Waals surface area contributed by atoms with Crippen LogP contribution >= 0.6 is 0 Å². The maximum Gasteiger partial charge on any atom is 0.260 e. The maximum absolute atomic E-state index is 11.1. The van der Waals surface area contributed by atoms with Gasteiger partial charge in [0.2, 0.25) is 17.6 Å². The molecule has 0 radical (unpaired) electrons. The minimum atomic E-state index is 0.237. The number of ether oxygens (including phenoxy) is 5. The molecule has 8 heteroatoms. The standard InChI is InChI=1S/C30H30N2O6/c1-19-22(17-37-27-14-12-21(16-33)29(31-27)35-4)8-6-10-24(19)25-11-7-9-23(20(25)2)18-38-28-15-13-26(34-3)30(32-28)36-5/h6-16H,17-18H2,1-5H3. The summed E-state index contributed by atoms with van der Waals surface area (Å²) in [7, 11) is 4.58. The lowest BCUT2D eigenvalue weighted by Gasteiger charge is -2.17. The van der Waals surface area contributed by atoms with Gasteiger partial charge in [-0.2, -0.15) is 9.97 Å². The summed E-state index contributed by atoms with van der Waals surface area (Å²) in [6.07, 6.45) is 0.703. The van der Waals surface area contributed by atoms with Gasteiger partial charge in [-0.25, -0.2) is 0 Å². The lowest BCUT2D eigenvalue weighted by atomic mass is 9.92. The van der Waals surface area contributed by atoms with Crippen LogP contribution in [0.25, 0.3) is 11.1 Å². The number of rotatable bonds is 11. The van der Waals surface area contributed by atoms with Crippen molar-refractivity contribution in [3.8, 4) is 40.4 Å². The molecule has 0 fully saturated rings. The van der Waals surface area contributed by atoms with E-state index in [4.69, 9.17) is 23.7 Å². The van der Waals surface area contributed by atoms with Gasteiger partial charge in [-0.3, -0.25) is 4.79 Å². The second-order valence-electron chi connectivity index (χ2n) is 8.48. The number of aldehydes is 1. The van der Waals surface area contributed by atoms with Crippen molar-refractivity contribution in [1.82, 2.24) is 9.97 Å². The second kappa shape index (κ2) is 12.1. The van der Waals surface area contributed by atoms with Gasteiger partial charge < -0.3 is 23.7 Å². The summed E-state index contributed by atoms with van der Waals surface area (Å²) in [5, 5.41) is 0. The average Bonchev–Trinajstić information content (AvgIpc) is 2.95. The van der Waals surface area contributed by atoms with Crippen molar-refractivity contribution in [1.29, 1.82) is 0 Å². The van der Waals surface area contributed by atoms with Crippen LogP contribution in [0, 0.1) is 13.8 Å². The van der Waals surface area contributed by atoms with E-state index < -0.39 is 0 Å². The third-order valence-corrected chi connectivity index (χ3v) is 6.33. The molecular formula is C30H30N2O6. The zero-order valence-electron chi connectivity index (χ0n) is 22.1. The summed E-state index contributed by atoms with van der Waals surface area (Å²) in [5.41, 5.74) is 6.89. The van der Waals surface area contributed by atoms with Gasteiger partial charge in [0.15, 0.2) is 12.0 Å². The molecule has 0 bridgehead atoms. The first-order chi connectivity index (χ1) is 18.5. The van der Waals surface area contributed by atoms with E-state index in [1.54, 1.807) is 38.5 Å². The molecule has 38 heavy (non-hydrogen) atoms. The zero-order chi connectivity index (χ0) is 27.1. The van der Waals surface area contributed by atoms with Crippen LogP contribution in [0.1, 0.15) is 32.6 Å². The fraction of sp³-hybridized carbons (Fsp3) is 0.233. The Bertz CT molecular complexity index is 1440. The van der Waals surface area contributed by atoms with E-state index in [1.165, 1.54) is 7.11 Å². The Kier molecular flexibility index (Phi) is 8.43. The monoisotopic (exact) mass is 514 g/mol. The van der Waals surface area contributed by atoms with Crippen molar-refractivity contribution in [3.05, 3.63) is 88.5 Å². The number of hydrogen-bond donors (Lipinski definition) is 0. The number of benzene rings is 2. The Morgan fingerprint density at radius 2 is 1.18 bits per heavy atom. The van der Waals surface area contributed by atoms with Gasteiger partial charge in [0.05, 0.1) is 26.9 Å². The fourth-order valence-corrected chi connectivity index (χ4v) is 4.13. The molecular weight excluding hydrogens is 484 g/mol. The number of pyridine rings is 2. The fourth-order valence-electron chi connectivity index (χ4n) is 4.13. The summed E-state index contributed by atoms with van der Waals surface area (Å²) in [6.45, 7) is 4.84. The van der Waals surface area contributed by atoms with Gasteiger partial charge in [0, 0.05) is 12.1 Å². The van der Waals surface area contributed by atoms with E-state index in [-0.39, 0.29) is 5.88 Å². The van der Waals surface area contributed by atoms with Gasteiger partial charge in [0.1, 0.15) is 13.2 Å². The molecule has 0 N–H and O–H groups in total. The molecule has 4 aromatic rings. The van der Waals surface area contributed by atoms with Crippen LogP contribution in [-0.4, -0.2) is 37.6 Å². The highest BCUT2D eigenvalue weighted by molar-refractivity contribution is 5.78. The van der Waals surface area contributed by atoms with Crippen molar-refractivity contribution in [2.75, 3.05) is 21.3 Å². The Morgan fingerprint density at radius 1 is 0.658 bits per heavy atom. The molecule has 2 aromatic heterocycles. The lowest BCUT2D eigenvalue weighted by molar-refractivity contribution is 0.111. The number of carbonyl (C=O) groups is 1. The Balaban J connectivity index is 1.53. The normalized spacial score (nSPS) is 10.6. The first kappa shape index (κ1) is 26.5. The highest BCUT2D eigenvalue weighted by atomic mass is 16.5. The molecule has 0 spiro atoms. The van der Waals surface area contributed by atoms with Gasteiger partial charge in [-0.05, 0) is 59.4 Å². The predicted molar refractivity (Wildman–Crippen MR) is 144 cm³/mol. The van der Waals surface area contributed by atoms with Crippen LogP contribution in [0.15, 0.2) is 60.7 Å². The van der Waals surface area contributed by atoms with Crippen LogP contribution in [0.5, 0.6) is 29.3 Å². The molecule has 0 saturated carbocycles. The second-order valence-corrected chi connectivity index (χ2v) is 8.48. The van der Waals surface area contributed by atoms with Gasteiger partial charge in [-0.1, -0.05) is 36.4 Å². The minimum absolute atomic E-state index is 0.237. The number of nitrogens with zero attached hydrogens (tertiary/aromatic N) is 2. The maximum atomic E-state index is 11.1. The molecule has 8 nitrogen and oxygen atoms in total. The molecule has 2 aromatic carbocycles. The molecule has 0 unspecified atom stereocenters. The number of aromatic nitrogens is 2. The Labute approximate surface area is 222 Å². The summed E-state index contributed by atoms with van der Waals surface area (Å²) in [4.78, 5) is 19.8. The molecule has 4 rings (SSSR count). The van der Waals surface area contributed by atoms with Crippen LogP contribution in [0.4, 0.5) is 0 Å². The van der Waals surface area contributed by atoms with Crippen molar-refractivity contribution < 1.29 is 28.5 Å². The van der Waals surface area contributed by atoms with Crippen molar-refractivity contribution in [2.24, 2.45) is 0 Å². The molecule has 0 aliphatic carbocycles. The topological polar surface area (TPSA) is 89.0 Å². The quantitative estimate of drug-likeness (QED) is 0.234. The Morgan fingerprint density at radius 3 is 1.68 bits per heavy atom. The SMILES string of the molecule is COc1ccc(OCc2cccc(-c3cccc(COc4ccc(C=O)c(OC)n4)c3C)c2C)nc1OC. The van der Waals surface area contributed by atoms with Crippen LogP contribution in [-0.2, 0) is 13.2 Å². The third kappa shape index (κ3) is 5.70. The molecule has 0 aliphatic rings. The molecule has 0 amide bonds. The molecule has 196 valence electrons.